The van der Waals surface area contributed by atoms with Crippen LogP contribution in [0.5, 0.6) is 0 Å². The molecule has 0 aromatic rings. The fourth-order valence-electron chi connectivity index (χ4n) is 1.94. The van der Waals surface area contributed by atoms with Crippen molar-refractivity contribution in [2.75, 3.05) is 13.1 Å². The van der Waals surface area contributed by atoms with Gasteiger partial charge in [0.2, 0.25) is 11.8 Å². The summed E-state index contributed by atoms with van der Waals surface area (Å²) in [6, 6.07) is 0. The van der Waals surface area contributed by atoms with Gasteiger partial charge in [0.05, 0.1) is 5.92 Å². The van der Waals surface area contributed by atoms with E-state index < -0.39 is 11.5 Å². The number of amides is 2. The van der Waals surface area contributed by atoms with E-state index in [1.807, 2.05) is 0 Å². The van der Waals surface area contributed by atoms with Gasteiger partial charge >= 0.3 is 5.97 Å². The minimum Gasteiger partial charge on any atom is -0.480 e. The second kappa shape index (κ2) is 5.37. The number of carboxylic acid groups (broad SMARTS) is 1. The van der Waals surface area contributed by atoms with Gasteiger partial charge in [0.1, 0.15) is 6.54 Å². The standard InChI is InChI=1S/C12H20N2O4/c1-12(2,3)14(7-10(16)17)11(18)8-4-5-9(15)13-6-8/h8H,4-7H2,1-3H3,(H,13,15)(H,16,17). The lowest BCUT2D eigenvalue weighted by Crippen LogP contribution is -2.53. The summed E-state index contributed by atoms with van der Waals surface area (Å²) in [5, 5.41) is 11.5. The summed E-state index contributed by atoms with van der Waals surface area (Å²) < 4.78 is 0. The van der Waals surface area contributed by atoms with Gasteiger partial charge in [0.25, 0.3) is 0 Å². The van der Waals surface area contributed by atoms with E-state index >= 15 is 0 Å². The first-order valence-electron chi connectivity index (χ1n) is 6.02. The van der Waals surface area contributed by atoms with Gasteiger partial charge in [-0.15, -0.1) is 0 Å². The predicted octanol–water partition coefficient (Wildman–Crippen LogP) is 0.224. The summed E-state index contributed by atoms with van der Waals surface area (Å²) in [7, 11) is 0. The second-order valence-electron chi connectivity index (χ2n) is 5.53. The molecule has 1 aliphatic heterocycles. The van der Waals surface area contributed by atoms with E-state index in [-0.39, 0.29) is 24.3 Å². The molecule has 18 heavy (non-hydrogen) atoms. The average Bonchev–Trinajstić information content (AvgIpc) is 2.24. The molecule has 1 atom stereocenters. The van der Waals surface area contributed by atoms with Gasteiger partial charge in [-0.2, -0.15) is 0 Å². The zero-order valence-corrected chi connectivity index (χ0v) is 11.0. The Morgan fingerprint density at radius 2 is 2.06 bits per heavy atom. The Labute approximate surface area is 106 Å². The zero-order valence-electron chi connectivity index (χ0n) is 11.0. The third kappa shape index (κ3) is 3.72. The molecule has 2 N–H and O–H groups in total. The van der Waals surface area contributed by atoms with Gasteiger partial charge in [-0.1, -0.05) is 0 Å². The molecule has 0 saturated carbocycles. The molecular weight excluding hydrogens is 236 g/mol. The Balaban J connectivity index is 2.76. The Kier molecular flexibility index (Phi) is 4.32. The number of rotatable bonds is 3. The minimum atomic E-state index is -1.03. The van der Waals surface area contributed by atoms with Gasteiger partial charge in [0, 0.05) is 18.5 Å². The summed E-state index contributed by atoms with van der Waals surface area (Å²) in [5.74, 6) is -1.61. The summed E-state index contributed by atoms with van der Waals surface area (Å²) >= 11 is 0. The molecule has 0 aromatic carbocycles. The van der Waals surface area contributed by atoms with Crippen molar-refractivity contribution in [2.45, 2.75) is 39.2 Å². The Morgan fingerprint density at radius 1 is 1.44 bits per heavy atom. The minimum absolute atomic E-state index is 0.0559. The molecule has 1 aliphatic rings. The van der Waals surface area contributed by atoms with E-state index in [0.29, 0.717) is 19.4 Å². The van der Waals surface area contributed by atoms with Crippen LogP contribution < -0.4 is 5.32 Å². The number of nitrogens with zero attached hydrogens (tertiary/aromatic N) is 1. The molecule has 0 bridgehead atoms. The quantitative estimate of drug-likeness (QED) is 0.756. The molecule has 0 radical (unpaired) electrons. The van der Waals surface area contributed by atoms with Crippen LogP contribution in [0.3, 0.4) is 0 Å². The lowest BCUT2D eigenvalue weighted by molar-refractivity contribution is -0.151. The highest BCUT2D eigenvalue weighted by atomic mass is 16.4. The molecule has 1 heterocycles. The van der Waals surface area contributed by atoms with Crippen LogP contribution in [0.15, 0.2) is 0 Å². The van der Waals surface area contributed by atoms with Gasteiger partial charge in [-0.05, 0) is 27.2 Å². The molecule has 0 spiro atoms. The van der Waals surface area contributed by atoms with E-state index in [1.165, 1.54) is 4.90 Å². The predicted molar refractivity (Wildman–Crippen MR) is 64.8 cm³/mol. The number of aliphatic carboxylic acids is 1. The molecule has 102 valence electrons. The number of carbonyl (C=O) groups excluding carboxylic acids is 2. The smallest absolute Gasteiger partial charge is 0.323 e. The number of hydrogen-bond acceptors (Lipinski definition) is 3. The SMILES string of the molecule is CC(C)(C)N(CC(=O)O)C(=O)C1CCC(=O)NC1. The van der Waals surface area contributed by atoms with Crippen LogP contribution in [0, 0.1) is 5.92 Å². The number of hydrogen-bond donors (Lipinski definition) is 2. The first-order chi connectivity index (χ1) is 8.21. The van der Waals surface area contributed by atoms with Gasteiger partial charge in [-0.3, -0.25) is 14.4 Å². The Bertz CT molecular complexity index is 350. The lowest BCUT2D eigenvalue weighted by atomic mass is 9.95. The molecule has 1 rings (SSSR count). The molecule has 0 aromatic heterocycles. The molecule has 2 amide bonds. The van der Waals surface area contributed by atoms with Crippen molar-refractivity contribution in [2.24, 2.45) is 5.92 Å². The maximum Gasteiger partial charge on any atom is 0.323 e. The monoisotopic (exact) mass is 256 g/mol. The second-order valence-corrected chi connectivity index (χ2v) is 5.53. The topological polar surface area (TPSA) is 86.7 Å². The van der Waals surface area contributed by atoms with Crippen LogP contribution in [0.4, 0.5) is 0 Å². The van der Waals surface area contributed by atoms with Gasteiger partial charge in [0.15, 0.2) is 0 Å². The van der Waals surface area contributed by atoms with Crippen molar-refractivity contribution in [3.63, 3.8) is 0 Å². The first kappa shape index (κ1) is 14.5. The average molecular weight is 256 g/mol. The van der Waals surface area contributed by atoms with Crippen molar-refractivity contribution in [1.82, 2.24) is 10.2 Å². The maximum atomic E-state index is 12.3. The molecule has 0 aliphatic carbocycles. The van der Waals surface area contributed by atoms with Crippen molar-refractivity contribution in [3.8, 4) is 0 Å². The van der Waals surface area contributed by atoms with Crippen LogP contribution in [0.25, 0.3) is 0 Å². The maximum absolute atomic E-state index is 12.3. The van der Waals surface area contributed by atoms with Crippen LogP contribution in [0.1, 0.15) is 33.6 Å². The fourth-order valence-corrected chi connectivity index (χ4v) is 1.94. The third-order valence-corrected chi connectivity index (χ3v) is 2.98. The molecule has 1 unspecified atom stereocenters. The molecule has 1 saturated heterocycles. The van der Waals surface area contributed by atoms with E-state index in [0.717, 1.165) is 0 Å². The molecule has 1 fully saturated rings. The normalized spacial score (nSPS) is 20.2. The summed E-state index contributed by atoms with van der Waals surface area (Å²) in [4.78, 5) is 35.5. The summed E-state index contributed by atoms with van der Waals surface area (Å²) in [5.41, 5.74) is -0.545. The van der Waals surface area contributed by atoms with E-state index in [4.69, 9.17) is 5.11 Å². The fraction of sp³-hybridized carbons (Fsp3) is 0.750. The number of carboxylic acids is 1. The van der Waals surface area contributed by atoms with Crippen molar-refractivity contribution < 1.29 is 19.5 Å². The summed E-state index contributed by atoms with van der Waals surface area (Å²) in [6.07, 6.45) is 0.804. The van der Waals surface area contributed by atoms with Crippen LogP contribution in [-0.4, -0.2) is 46.4 Å². The van der Waals surface area contributed by atoms with Crippen LogP contribution >= 0.6 is 0 Å². The Morgan fingerprint density at radius 3 is 2.44 bits per heavy atom. The van der Waals surface area contributed by atoms with E-state index in [2.05, 4.69) is 5.32 Å². The van der Waals surface area contributed by atoms with Gasteiger partial charge < -0.3 is 15.3 Å². The van der Waals surface area contributed by atoms with Crippen LogP contribution in [0.2, 0.25) is 0 Å². The van der Waals surface area contributed by atoms with Crippen molar-refractivity contribution in [1.29, 1.82) is 0 Å². The lowest BCUT2D eigenvalue weighted by Gasteiger charge is -2.37. The van der Waals surface area contributed by atoms with E-state index in [1.54, 1.807) is 20.8 Å². The summed E-state index contributed by atoms with van der Waals surface area (Å²) in [6.45, 7) is 5.39. The van der Waals surface area contributed by atoms with E-state index in [9.17, 15) is 14.4 Å². The highest BCUT2D eigenvalue weighted by Gasteiger charge is 2.34. The third-order valence-electron chi connectivity index (χ3n) is 2.98. The highest BCUT2D eigenvalue weighted by Crippen LogP contribution is 2.20. The largest absolute Gasteiger partial charge is 0.480 e. The number of nitrogens with one attached hydrogen (secondary N) is 1. The number of carbonyl (C=O) groups is 3. The highest BCUT2D eigenvalue weighted by molar-refractivity contribution is 5.86. The van der Waals surface area contributed by atoms with Gasteiger partial charge in [-0.25, -0.2) is 0 Å². The molecule has 6 nitrogen and oxygen atoms in total. The number of piperidine rings is 1. The molecular formula is C12H20N2O4. The molecule has 6 heteroatoms. The van der Waals surface area contributed by atoms with Crippen molar-refractivity contribution in [3.05, 3.63) is 0 Å². The Hall–Kier alpha value is -1.59. The first-order valence-corrected chi connectivity index (χ1v) is 6.02. The zero-order chi connectivity index (χ0) is 13.9. The van der Waals surface area contributed by atoms with Crippen LogP contribution in [-0.2, 0) is 14.4 Å². The van der Waals surface area contributed by atoms with Crippen molar-refractivity contribution >= 4 is 17.8 Å².